The van der Waals surface area contributed by atoms with Crippen molar-refractivity contribution in [2.45, 2.75) is 37.8 Å². The van der Waals surface area contributed by atoms with E-state index in [1.165, 1.54) is 25.7 Å². The van der Waals surface area contributed by atoms with Crippen LogP contribution < -0.4 is 10.6 Å². The number of nitrogens with zero attached hydrogens (tertiary/aromatic N) is 2. The van der Waals surface area contributed by atoms with Crippen LogP contribution in [0.1, 0.15) is 25.7 Å². The molecule has 2 aromatic heterocycles. The largest absolute Gasteiger partial charge is 0.365 e. The van der Waals surface area contributed by atoms with Gasteiger partial charge in [-0.25, -0.2) is 9.97 Å². The number of hydrogen-bond acceptors (Lipinski definition) is 4. The molecule has 104 valence electrons. The van der Waals surface area contributed by atoms with Gasteiger partial charge >= 0.3 is 0 Å². The summed E-state index contributed by atoms with van der Waals surface area (Å²) in [5.41, 5.74) is 0. The quantitative estimate of drug-likeness (QED) is 0.893. The van der Waals surface area contributed by atoms with Crippen molar-refractivity contribution in [3.63, 3.8) is 0 Å². The van der Waals surface area contributed by atoms with Gasteiger partial charge in [-0.15, -0.1) is 0 Å². The monoisotopic (exact) mass is 268 g/mol. The molecule has 0 aliphatic heterocycles. The number of hydrogen-bond donors (Lipinski definition) is 2. The van der Waals surface area contributed by atoms with Crippen LogP contribution in [0.3, 0.4) is 0 Å². The fourth-order valence-corrected chi connectivity index (χ4v) is 2.75. The fourth-order valence-electron chi connectivity index (χ4n) is 2.75. The Morgan fingerprint density at radius 3 is 1.65 bits per heavy atom. The van der Waals surface area contributed by atoms with E-state index in [9.17, 15) is 0 Å². The lowest BCUT2D eigenvalue weighted by Crippen LogP contribution is -2.42. The van der Waals surface area contributed by atoms with Crippen LogP contribution in [0.4, 0.5) is 11.6 Å². The van der Waals surface area contributed by atoms with Crippen LogP contribution in [0.25, 0.3) is 0 Å². The van der Waals surface area contributed by atoms with Crippen LogP contribution in [0.5, 0.6) is 0 Å². The highest BCUT2D eigenvalue weighted by Crippen LogP contribution is 2.24. The van der Waals surface area contributed by atoms with Crippen LogP contribution in [0.2, 0.25) is 0 Å². The van der Waals surface area contributed by atoms with Crippen LogP contribution in [-0.4, -0.2) is 22.1 Å². The molecule has 1 fully saturated rings. The minimum absolute atomic E-state index is 0.403. The van der Waals surface area contributed by atoms with Crippen LogP contribution in [-0.2, 0) is 0 Å². The first-order chi connectivity index (χ1) is 9.92. The normalized spacial score (nSPS) is 22.2. The van der Waals surface area contributed by atoms with Crippen molar-refractivity contribution < 1.29 is 0 Å². The minimum atomic E-state index is 0.403. The van der Waals surface area contributed by atoms with Crippen molar-refractivity contribution in [3.8, 4) is 0 Å². The molecule has 1 aliphatic carbocycles. The van der Waals surface area contributed by atoms with Gasteiger partial charge in [0, 0.05) is 24.5 Å². The Hall–Kier alpha value is -2.10. The standard InChI is InChI=1S/C16H20N4/c1-2-8-14(20-16-10-4-6-12-18-16)13(7-1)19-15-9-3-5-11-17-15/h3-6,9-14H,1-2,7-8H2,(H,17,19)(H,18,20)/t13-,14-/m1/s1. The lowest BCUT2D eigenvalue weighted by Gasteiger charge is -2.33. The van der Waals surface area contributed by atoms with E-state index < -0.39 is 0 Å². The first-order valence-corrected chi connectivity index (χ1v) is 7.27. The molecule has 0 bridgehead atoms. The van der Waals surface area contributed by atoms with Gasteiger partial charge in [0.15, 0.2) is 0 Å². The van der Waals surface area contributed by atoms with Crippen LogP contribution in [0, 0.1) is 0 Å². The van der Waals surface area contributed by atoms with E-state index in [0.29, 0.717) is 12.1 Å². The van der Waals surface area contributed by atoms with E-state index in [1.807, 2.05) is 48.8 Å². The molecule has 3 rings (SSSR count). The second kappa shape index (κ2) is 6.37. The summed E-state index contributed by atoms with van der Waals surface area (Å²) in [4.78, 5) is 8.72. The summed E-state index contributed by atoms with van der Waals surface area (Å²) in [6, 6.07) is 12.8. The molecule has 1 saturated carbocycles. The Morgan fingerprint density at radius 2 is 1.25 bits per heavy atom. The van der Waals surface area contributed by atoms with E-state index in [2.05, 4.69) is 20.6 Å². The van der Waals surface area contributed by atoms with Gasteiger partial charge in [-0.3, -0.25) is 0 Å². The molecule has 0 saturated heterocycles. The molecule has 0 amide bonds. The maximum absolute atomic E-state index is 4.36. The number of anilines is 2. The van der Waals surface area contributed by atoms with Gasteiger partial charge in [0.2, 0.25) is 0 Å². The zero-order valence-corrected chi connectivity index (χ0v) is 11.5. The molecule has 0 spiro atoms. The van der Waals surface area contributed by atoms with Crippen LogP contribution in [0.15, 0.2) is 48.8 Å². The van der Waals surface area contributed by atoms with Crippen molar-refractivity contribution in [1.82, 2.24) is 9.97 Å². The minimum Gasteiger partial charge on any atom is -0.365 e. The second-order valence-electron chi connectivity index (χ2n) is 5.22. The second-order valence-corrected chi connectivity index (χ2v) is 5.22. The van der Waals surface area contributed by atoms with Gasteiger partial charge < -0.3 is 10.6 Å². The molecule has 0 unspecified atom stereocenters. The summed E-state index contributed by atoms with van der Waals surface area (Å²) in [5.74, 6) is 1.90. The zero-order valence-electron chi connectivity index (χ0n) is 11.5. The Balaban J connectivity index is 1.68. The molecule has 4 heteroatoms. The summed E-state index contributed by atoms with van der Waals surface area (Å²) in [6.07, 6.45) is 8.52. The molecular formula is C16H20N4. The number of aromatic nitrogens is 2. The Morgan fingerprint density at radius 1 is 0.750 bits per heavy atom. The highest BCUT2D eigenvalue weighted by Gasteiger charge is 2.25. The summed E-state index contributed by atoms with van der Waals surface area (Å²) in [7, 11) is 0. The first-order valence-electron chi connectivity index (χ1n) is 7.27. The molecule has 20 heavy (non-hydrogen) atoms. The SMILES string of the molecule is c1ccc(N[C@@H]2CCCC[C@H]2Nc2ccccn2)nc1. The third-order valence-corrected chi connectivity index (χ3v) is 3.76. The Kier molecular flexibility index (Phi) is 4.11. The van der Waals surface area contributed by atoms with Crippen molar-refractivity contribution in [2.75, 3.05) is 10.6 Å². The van der Waals surface area contributed by atoms with Gasteiger partial charge in [-0.1, -0.05) is 25.0 Å². The number of pyridine rings is 2. The van der Waals surface area contributed by atoms with E-state index >= 15 is 0 Å². The predicted octanol–water partition coefficient (Wildman–Crippen LogP) is 3.31. The summed E-state index contributed by atoms with van der Waals surface area (Å²) < 4.78 is 0. The number of nitrogens with one attached hydrogen (secondary N) is 2. The third-order valence-electron chi connectivity index (χ3n) is 3.76. The molecule has 2 aromatic rings. The van der Waals surface area contributed by atoms with Gasteiger partial charge in [0.1, 0.15) is 11.6 Å². The molecule has 0 radical (unpaired) electrons. The molecule has 2 N–H and O–H groups in total. The van der Waals surface area contributed by atoms with Gasteiger partial charge in [-0.2, -0.15) is 0 Å². The smallest absolute Gasteiger partial charge is 0.126 e. The average molecular weight is 268 g/mol. The number of rotatable bonds is 4. The van der Waals surface area contributed by atoms with E-state index in [1.54, 1.807) is 0 Å². The van der Waals surface area contributed by atoms with Crippen molar-refractivity contribution in [2.24, 2.45) is 0 Å². The third kappa shape index (κ3) is 3.26. The Bertz CT molecular complexity index is 465. The topological polar surface area (TPSA) is 49.8 Å². The maximum Gasteiger partial charge on any atom is 0.126 e. The summed E-state index contributed by atoms with van der Waals surface area (Å²) in [5, 5.41) is 7.10. The van der Waals surface area contributed by atoms with Gasteiger partial charge in [-0.05, 0) is 37.1 Å². The highest BCUT2D eigenvalue weighted by molar-refractivity contribution is 5.39. The molecule has 2 heterocycles. The average Bonchev–Trinajstić information content (AvgIpc) is 2.51. The molecular weight excluding hydrogens is 248 g/mol. The molecule has 1 aliphatic rings. The van der Waals surface area contributed by atoms with E-state index in [4.69, 9.17) is 0 Å². The van der Waals surface area contributed by atoms with Crippen LogP contribution >= 0.6 is 0 Å². The lowest BCUT2D eigenvalue weighted by molar-refractivity contribution is 0.422. The lowest BCUT2D eigenvalue weighted by atomic mass is 9.90. The van der Waals surface area contributed by atoms with E-state index in [0.717, 1.165) is 11.6 Å². The highest BCUT2D eigenvalue weighted by atomic mass is 15.1. The fraction of sp³-hybridized carbons (Fsp3) is 0.375. The van der Waals surface area contributed by atoms with Crippen molar-refractivity contribution >= 4 is 11.6 Å². The van der Waals surface area contributed by atoms with Crippen molar-refractivity contribution in [1.29, 1.82) is 0 Å². The van der Waals surface area contributed by atoms with E-state index in [-0.39, 0.29) is 0 Å². The molecule has 4 nitrogen and oxygen atoms in total. The summed E-state index contributed by atoms with van der Waals surface area (Å²) in [6.45, 7) is 0. The molecule has 2 atom stereocenters. The van der Waals surface area contributed by atoms with Crippen molar-refractivity contribution in [3.05, 3.63) is 48.8 Å². The summed E-state index contributed by atoms with van der Waals surface area (Å²) >= 11 is 0. The first kappa shape index (κ1) is 12.9. The predicted molar refractivity (Wildman–Crippen MR) is 81.8 cm³/mol. The zero-order chi connectivity index (χ0) is 13.6. The maximum atomic E-state index is 4.36. The van der Waals surface area contributed by atoms with Gasteiger partial charge in [0.05, 0.1) is 0 Å². The molecule has 0 aromatic carbocycles. The van der Waals surface area contributed by atoms with Gasteiger partial charge in [0.25, 0.3) is 0 Å². The Labute approximate surface area is 119 Å².